The normalized spacial score (nSPS) is 13.2. The quantitative estimate of drug-likeness (QED) is 0.181. The molecule has 2 aromatic heterocycles. The highest BCUT2D eigenvalue weighted by molar-refractivity contribution is 7.91. The molecule has 1 atom stereocenters. The zero-order chi connectivity index (χ0) is 33.7. The van der Waals surface area contributed by atoms with E-state index in [0.717, 1.165) is 26.7 Å². The lowest BCUT2D eigenvalue weighted by atomic mass is 10.0. The van der Waals surface area contributed by atoms with Crippen molar-refractivity contribution >= 4 is 55.2 Å². The standard InChI is InChI=1S/C33H30F2N6O5S2/c34-25-15-23(16-26(35)18-25)17-29(38-33(43)39-48(44,45)41-12-10-24-7-4-11-36-31(24)41)32(42)40(13-14-46-20-22-5-2-1-3-6-22)27-8-9-30-28(19-27)37-21-47-30/h1-9,11,15-16,18-19,21,29H,10,12-14,17,20H2,(H2,38,39,43). The molecule has 6 rings (SSSR count). The number of hydrogen-bond donors (Lipinski definition) is 2. The molecule has 0 aliphatic carbocycles. The zero-order valence-corrected chi connectivity index (χ0v) is 27.0. The van der Waals surface area contributed by atoms with Crippen LogP contribution in [0.15, 0.2) is 90.6 Å². The van der Waals surface area contributed by atoms with E-state index >= 15 is 0 Å². The van der Waals surface area contributed by atoms with Crippen LogP contribution in [0.25, 0.3) is 10.2 Å². The second kappa shape index (κ2) is 14.4. The third-order valence-electron chi connectivity index (χ3n) is 7.63. The summed E-state index contributed by atoms with van der Waals surface area (Å²) >= 11 is 1.42. The summed E-state index contributed by atoms with van der Waals surface area (Å²) in [7, 11) is -4.43. The van der Waals surface area contributed by atoms with Crippen LogP contribution < -0.4 is 19.2 Å². The summed E-state index contributed by atoms with van der Waals surface area (Å²) in [6.07, 6.45) is 1.50. The van der Waals surface area contributed by atoms with Gasteiger partial charge in [0, 0.05) is 37.5 Å². The molecule has 0 saturated heterocycles. The molecule has 3 aromatic carbocycles. The molecular formula is C33H30F2N6O5S2. The number of hydrogen-bond acceptors (Lipinski definition) is 8. The Labute approximate surface area is 279 Å². The van der Waals surface area contributed by atoms with E-state index in [1.54, 1.807) is 35.8 Å². The van der Waals surface area contributed by atoms with Crippen LogP contribution in [-0.2, 0) is 39.2 Å². The number of fused-ring (bicyclic) bond motifs is 2. The maximum Gasteiger partial charge on any atom is 0.330 e. The van der Waals surface area contributed by atoms with Gasteiger partial charge in [-0.1, -0.05) is 36.4 Å². The monoisotopic (exact) mass is 692 g/mol. The Bertz CT molecular complexity index is 2030. The molecule has 0 bridgehead atoms. The SMILES string of the molecule is O=C(NC(Cc1cc(F)cc(F)c1)C(=O)N(CCOCc1ccccc1)c1ccc2scnc2c1)NS(=O)(=O)N1CCc2cccnc21. The lowest BCUT2D eigenvalue weighted by Gasteiger charge is -2.28. The van der Waals surface area contributed by atoms with E-state index in [-0.39, 0.29) is 44.1 Å². The van der Waals surface area contributed by atoms with Gasteiger partial charge in [0.2, 0.25) is 5.91 Å². The van der Waals surface area contributed by atoms with Crippen LogP contribution in [0.3, 0.4) is 0 Å². The van der Waals surface area contributed by atoms with Gasteiger partial charge in [0.25, 0.3) is 0 Å². The summed E-state index contributed by atoms with van der Waals surface area (Å²) < 4.78 is 64.6. The minimum atomic E-state index is -4.43. The van der Waals surface area contributed by atoms with Gasteiger partial charge in [-0.3, -0.25) is 4.79 Å². The molecule has 15 heteroatoms. The largest absolute Gasteiger partial charge is 0.375 e. The first-order valence-electron chi connectivity index (χ1n) is 14.9. The number of nitrogens with zero attached hydrogens (tertiary/aromatic N) is 4. The van der Waals surface area contributed by atoms with Gasteiger partial charge in [-0.2, -0.15) is 8.42 Å². The van der Waals surface area contributed by atoms with E-state index in [0.29, 0.717) is 29.3 Å². The molecule has 3 heterocycles. The highest BCUT2D eigenvalue weighted by Crippen LogP contribution is 2.27. The van der Waals surface area contributed by atoms with Gasteiger partial charge in [0.15, 0.2) is 0 Å². The second-order valence-corrected chi connectivity index (χ2v) is 13.4. The fraction of sp³-hybridized carbons (Fsp3) is 0.212. The minimum Gasteiger partial charge on any atom is -0.375 e. The molecule has 1 aliphatic heterocycles. The van der Waals surface area contributed by atoms with E-state index in [9.17, 15) is 26.8 Å². The number of ether oxygens (including phenoxy) is 1. The van der Waals surface area contributed by atoms with Crippen molar-refractivity contribution in [3.05, 3.63) is 119 Å². The van der Waals surface area contributed by atoms with Crippen molar-refractivity contribution < 1.29 is 31.5 Å². The summed E-state index contributed by atoms with van der Waals surface area (Å²) in [5.41, 5.74) is 4.45. The number of thiazole rings is 1. The zero-order valence-electron chi connectivity index (χ0n) is 25.4. The number of aromatic nitrogens is 2. The maximum absolute atomic E-state index is 14.3. The summed E-state index contributed by atoms with van der Waals surface area (Å²) in [6, 6.07) is 18.2. The number of amides is 3. The van der Waals surface area contributed by atoms with Crippen molar-refractivity contribution in [1.82, 2.24) is 20.0 Å². The van der Waals surface area contributed by atoms with Crippen LogP contribution in [0.1, 0.15) is 16.7 Å². The van der Waals surface area contributed by atoms with Gasteiger partial charge < -0.3 is 15.0 Å². The smallest absolute Gasteiger partial charge is 0.330 e. The number of halogens is 2. The van der Waals surface area contributed by atoms with Gasteiger partial charge in [0.1, 0.15) is 23.5 Å². The summed E-state index contributed by atoms with van der Waals surface area (Å²) in [5.74, 6) is -2.22. The number of anilines is 2. The number of urea groups is 1. The van der Waals surface area contributed by atoms with Crippen LogP contribution >= 0.6 is 11.3 Å². The number of carbonyl (C=O) groups is 2. The fourth-order valence-corrected chi connectivity index (χ4v) is 7.21. The molecule has 1 aliphatic rings. The molecular weight excluding hydrogens is 663 g/mol. The number of pyridine rings is 1. The molecule has 0 fully saturated rings. The first-order valence-corrected chi connectivity index (χ1v) is 17.2. The Kier molecular flexibility index (Phi) is 9.89. The van der Waals surface area contributed by atoms with Gasteiger partial charge >= 0.3 is 16.2 Å². The van der Waals surface area contributed by atoms with Crippen molar-refractivity contribution in [3.8, 4) is 0 Å². The average Bonchev–Trinajstić information content (AvgIpc) is 3.71. The number of rotatable bonds is 12. The predicted octanol–water partition coefficient (Wildman–Crippen LogP) is 4.74. The topological polar surface area (TPSA) is 134 Å². The molecule has 48 heavy (non-hydrogen) atoms. The number of benzene rings is 3. The third kappa shape index (κ3) is 7.75. The minimum absolute atomic E-state index is 0.0349. The second-order valence-electron chi connectivity index (χ2n) is 11.0. The average molecular weight is 693 g/mol. The van der Waals surface area contributed by atoms with E-state index in [1.807, 2.05) is 35.1 Å². The Morgan fingerprint density at radius 2 is 1.77 bits per heavy atom. The Morgan fingerprint density at radius 1 is 0.979 bits per heavy atom. The molecule has 0 saturated carbocycles. The lowest BCUT2D eigenvalue weighted by molar-refractivity contribution is -0.120. The van der Waals surface area contributed by atoms with Gasteiger partial charge in [-0.25, -0.2) is 32.6 Å². The van der Waals surface area contributed by atoms with Crippen LogP contribution in [-0.4, -0.2) is 56.1 Å². The van der Waals surface area contributed by atoms with Crippen molar-refractivity contribution in [3.63, 3.8) is 0 Å². The first-order chi connectivity index (χ1) is 23.2. The summed E-state index contributed by atoms with van der Waals surface area (Å²) in [5, 5.41) is 2.44. The summed E-state index contributed by atoms with van der Waals surface area (Å²) in [4.78, 5) is 37.5. The number of carbonyl (C=O) groups excluding carboxylic acids is 2. The molecule has 2 N–H and O–H groups in total. The van der Waals surface area contributed by atoms with Crippen LogP contribution in [0, 0.1) is 11.6 Å². The van der Waals surface area contributed by atoms with Crippen molar-refractivity contribution in [2.75, 3.05) is 28.9 Å². The maximum atomic E-state index is 14.3. The Hall–Kier alpha value is -4.99. The van der Waals surface area contributed by atoms with Gasteiger partial charge in [0.05, 0.1) is 28.9 Å². The molecule has 248 valence electrons. The first kappa shape index (κ1) is 32.9. The molecule has 3 amide bonds. The lowest BCUT2D eigenvalue weighted by Crippen LogP contribution is -2.55. The number of nitrogens with one attached hydrogen (secondary N) is 2. The molecule has 0 spiro atoms. The third-order valence-corrected chi connectivity index (χ3v) is 9.82. The Balaban J connectivity index is 1.26. The van der Waals surface area contributed by atoms with Crippen LogP contribution in [0.5, 0.6) is 0 Å². The fourth-order valence-electron chi connectivity index (χ4n) is 5.43. The van der Waals surface area contributed by atoms with Crippen molar-refractivity contribution in [1.29, 1.82) is 0 Å². The van der Waals surface area contributed by atoms with Crippen LogP contribution in [0.2, 0.25) is 0 Å². The highest BCUT2D eigenvalue weighted by atomic mass is 32.2. The highest BCUT2D eigenvalue weighted by Gasteiger charge is 2.34. The Morgan fingerprint density at radius 3 is 2.56 bits per heavy atom. The van der Waals surface area contributed by atoms with E-state index in [4.69, 9.17) is 4.74 Å². The van der Waals surface area contributed by atoms with Gasteiger partial charge in [-0.15, -0.1) is 11.3 Å². The predicted molar refractivity (Wildman–Crippen MR) is 178 cm³/mol. The molecule has 5 aromatic rings. The summed E-state index contributed by atoms with van der Waals surface area (Å²) in [6.45, 7) is 0.481. The van der Waals surface area contributed by atoms with Crippen molar-refractivity contribution in [2.24, 2.45) is 0 Å². The van der Waals surface area contributed by atoms with Crippen molar-refractivity contribution in [2.45, 2.75) is 25.5 Å². The molecule has 1 unspecified atom stereocenters. The van der Waals surface area contributed by atoms with E-state index in [1.165, 1.54) is 22.4 Å². The van der Waals surface area contributed by atoms with Crippen LogP contribution in [0.4, 0.5) is 25.1 Å². The van der Waals surface area contributed by atoms with E-state index < -0.39 is 39.8 Å². The van der Waals surface area contributed by atoms with E-state index in [2.05, 4.69) is 15.3 Å². The molecule has 11 nitrogen and oxygen atoms in total. The molecule has 0 radical (unpaired) electrons. The van der Waals surface area contributed by atoms with Gasteiger partial charge in [-0.05, 0) is 59.5 Å².